The van der Waals surface area contributed by atoms with Gasteiger partial charge in [-0.15, -0.1) is 0 Å². The molecule has 0 aliphatic heterocycles. The zero-order valence-electron chi connectivity index (χ0n) is 11.1. The standard InChI is InChI=1S/C15H23NO/c1-15(2,11-16(3)13-9-10-13)14(17)12-7-5-4-6-8-12/h4-8,13-14,17H,9-11H2,1-3H3. The number of hydrogen-bond donors (Lipinski definition) is 1. The van der Waals surface area contributed by atoms with E-state index < -0.39 is 6.10 Å². The third kappa shape index (κ3) is 3.08. The first-order valence-corrected chi connectivity index (χ1v) is 6.44. The molecule has 1 fully saturated rings. The summed E-state index contributed by atoms with van der Waals surface area (Å²) >= 11 is 0. The van der Waals surface area contributed by atoms with Gasteiger partial charge in [-0.3, -0.25) is 0 Å². The molecule has 2 nitrogen and oxygen atoms in total. The molecule has 0 spiro atoms. The Morgan fingerprint density at radius 2 is 1.88 bits per heavy atom. The maximum Gasteiger partial charge on any atom is 0.0853 e. The summed E-state index contributed by atoms with van der Waals surface area (Å²) in [6.45, 7) is 5.22. The lowest BCUT2D eigenvalue weighted by molar-refractivity contribution is 0.0243. The van der Waals surface area contributed by atoms with Crippen LogP contribution in [0, 0.1) is 5.41 Å². The van der Waals surface area contributed by atoms with E-state index in [1.807, 2.05) is 30.3 Å². The Bertz CT molecular complexity index is 356. The number of rotatable bonds is 5. The average Bonchev–Trinajstić information content (AvgIpc) is 3.12. The first-order chi connectivity index (χ1) is 8.00. The summed E-state index contributed by atoms with van der Waals surface area (Å²) in [4.78, 5) is 2.38. The van der Waals surface area contributed by atoms with Gasteiger partial charge < -0.3 is 10.0 Å². The van der Waals surface area contributed by atoms with Crippen molar-refractivity contribution in [1.82, 2.24) is 4.90 Å². The van der Waals surface area contributed by atoms with E-state index in [9.17, 15) is 5.11 Å². The van der Waals surface area contributed by atoms with Gasteiger partial charge in [-0.25, -0.2) is 0 Å². The Kier molecular flexibility index (Phi) is 3.55. The monoisotopic (exact) mass is 233 g/mol. The number of aliphatic hydroxyl groups is 1. The van der Waals surface area contributed by atoms with Crippen LogP contribution in [-0.4, -0.2) is 29.6 Å². The van der Waals surface area contributed by atoms with E-state index in [1.54, 1.807) is 0 Å². The molecule has 1 aliphatic rings. The lowest BCUT2D eigenvalue weighted by atomic mass is 9.82. The molecule has 0 radical (unpaired) electrons. The van der Waals surface area contributed by atoms with Crippen LogP contribution >= 0.6 is 0 Å². The number of nitrogens with zero attached hydrogens (tertiary/aromatic N) is 1. The van der Waals surface area contributed by atoms with Gasteiger partial charge in [0.1, 0.15) is 0 Å². The third-order valence-electron chi connectivity index (χ3n) is 3.68. The molecule has 1 aliphatic carbocycles. The highest BCUT2D eigenvalue weighted by molar-refractivity contribution is 5.19. The van der Waals surface area contributed by atoms with Crippen LogP contribution in [0.4, 0.5) is 0 Å². The van der Waals surface area contributed by atoms with E-state index >= 15 is 0 Å². The molecule has 2 heteroatoms. The molecule has 1 unspecified atom stereocenters. The summed E-state index contributed by atoms with van der Waals surface area (Å²) in [7, 11) is 2.16. The molecule has 94 valence electrons. The predicted molar refractivity (Wildman–Crippen MR) is 70.8 cm³/mol. The fourth-order valence-corrected chi connectivity index (χ4v) is 2.46. The minimum atomic E-state index is -0.398. The van der Waals surface area contributed by atoms with E-state index in [4.69, 9.17) is 0 Å². The summed E-state index contributed by atoms with van der Waals surface area (Å²) in [5.74, 6) is 0. The fraction of sp³-hybridized carbons (Fsp3) is 0.600. The SMILES string of the molecule is CN(CC(C)(C)C(O)c1ccccc1)C1CC1. The first kappa shape index (κ1) is 12.6. The number of aliphatic hydroxyl groups excluding tert-OH is 1. The lowest BCUT2D eigenvalue weighted by Crippen LogP contribution is -2.37. The van der Waals surface area contributed by atoms with Crippen LogP contribution in [0.2, 0.25) is 0 Å². The first-order valence-electron chi connectivity index (χ1n) is 6.44. The molecule has 1 saturated carbocycles. The Balaban J connectivity index is 2.03. The van der Waals surface area contributed by atoms with Crippen LogP contribution in [0.3, 0.4) is 0 Å². The summed E-state index contributed by atoms with van der Waals surface area (Å²) < 4.78 is 0. The van der Waals surface area contributed by atoms with Crippen LogP contribution in [0.1, 0.15) is 38.4 Å². The van der Waals surface area contributed by atoms with Crippen LogP contribution in [0.25, 0.3) is 0 Å². The average molecular weight is 233 g/mol. The van der Waals surface area contributed by atoms with Crippen LogP contribution in [-0.2, 0) is 0 Å². The van der Waals surface area contributed by atoms with E-state index in [1.165, 1.54) is 12.8 Å². The minimum absolute atomic E-state index is 0.112. The zero-order valence-corrected chi connectivity index (χ0v) is 11.1. The summed E-state index contributed by atoms with van der Waals surface area (Å²) in [5, 5.41) is 10.5. The van der Waals surface area contributed by atoms with E-state index in [-0.39, 0.29) is 5.41 Å². The largest absolute Gasteiger partial charge is 0.388 e. The molecular formula is C15H23NO. The van der Waals surface area contributed by atoms with Gasteiger partial charge in [-0.05, 0) is 25.5 Å². The molecule has 0 bridgehead atoms. The summed E-state index contributed by atoms with van der Waals surface area (Å²) in [6.07, 6.45) is 2.23. The molecule has 0 aromatic heterocycles. The molecule has 17 heavy (non-hydrogen) atoms. The Labute approximate surface area is 104 Å². The maximum absolute atomic E-state index is 10.5. The normalized spacial score (nSPS) is 18.4. The highest BCUT2D eigenvalue weighted by atomic mass is 16.3. The van der Waals surface area contributed by atoms with E-state index in [0.29, 0.717) is 0 Å². The van der Waals surface area contributed by atoms with E-state index in [2.05, 4.69) is 25.8 Å². The molecule has 2 rings (SSSR count). The van der Waals surface area contributed by atoms with Gasteiger partial charge in [0, 0.05) is 18.0 Å². The molecule has 1 aromatic rings. The second-order valence-electron chi connectivity index (χ2n) is 5.95. The maximum atomic E-state index is 10.5. The van der Waals surface area contributed by atoms with Crippen molar-refractivity contribution >= 4 is 0 Å². The van der Waals surface area contributed by atoms with Gasteiger partial charge in [0.2, 0.25) is 0 Å². The minimum Gasteiger partial charge on any atom is -0.388 e. The molecule has 0 saturated heterocycles. The predicted octanol–water partition coefficient (Wildman–Crippen LogP) is 2.84. The highest BCUT2D eigenvalue weighted by Crippen LogP contribution is 2.36. The van der Waals surface area contributed by atoms with Gasteiger partial charge in [0.05, 0.1) is 6.10 Å². The smallest absolute Gasteiger partial charge is 0.0853 e. The van der Waals surface area contributed by atoms with Gasteiger partial charge in [-0.1, -0.05) is 44.2 Å². The third-order valence-corrected chi connectivity index (χ3v) is 3.68. The van der Waals surface area contributed by atoms with Crippen molar-refractivity contribution in [3.05, 3.63) is 35.9 Å². The van der Waals surface area contributed by atoms with Crippen molar-refractivity contribution in [2.24, 2.45) is 5.41 Å². The highest BCUT2D eigenvalue weighted by Gasteiger charge is 2.34. The van der Waals surface area contributed by atoms with Crippen LogP contribution in [0.5, 0.6) is 0 Å². The van der Waals surface area contributed by atoms with Crippen molar-refractivity contribution < 1.29 is 5.11 Å². The molecular weight excluding hydrogens is 210 g/mol. The van der Waals surface area contributed by atoms with Gasteiger partial charge >= 0.3 is 0 Å². The topological polar surface area (TPSA) is 23.5 Å². The Morgan fingerprint density at radius 3 is 2.41 bits per heavy atom. The quantitative estimate of drug-likeness (QED) is 0.845. The van der Waals surface area contributed by atoms with Gasteiger partial charge in [0.25, 0.3) is 0 Å². The van der Waals surface area contributed by atoms with Crippen LogP contribution in [0.15, 0.2) is 30.3 Å². The van der Waals surface area contributed by atoms with Crippen molar-refractivity contribution in [1.29, 1.82) is 0 Å². The molecule has 1 N–H and O–H groups in total. The van der Waals surface area contributed by atoms with Gasteiger partial charge in [-0.2, -0.15) is 0 Å². The fourth-order valence-electron chi connectivity index (χ4n) is 2.46. The summed E-state index contributed by atoms with van der Waals surface area (Å²) in [5.41, 5.74) is 0.903. The molecule has 0 heterocycles. The molecule has 1 aromatic carbocycles. The van der Waals surface area contributed by atoms with Crippen molar-refractivity contribution in [2.45, 2.75) is 38.8 Å². The van der Waals surface area contributed by atoms with Crippen molar-refractivity contribution in [2.75, 3.05) is 13.6 Å². The number of hydrogen-bond acceptors (Lipinski definition) is 2. The zero-order chi connectivity index (χ0) is 12.5. The Hall–Kier alpha value is -0.860. The van der Waals surface area contributed by atoms with E-state index in [0.717, 1.165) is 18.2 Å². The van der Waals surface area contributed by atoms with Crippen molar-refractivity contribution in [3.8, 4) is 0 Å². The van der Waals surface area contributed by atoms with Crippen molar-refractivity contribution in [3.63, 3.8) is 0 Å². The molecule has 0 amide bonds. The molecule has 1 atom stereocenters. The second-order valence-corrected chi connectivity index (χ2v) is 5.95. The second kappa shape index (κ2) is 4.79. The van der Waals surface area contributed by atoms with Gasteiger partial charge in [0.15, 0.2) is 0 Å². The summed E-state index contributed by atoms with van der Waals surface area (Å²) in [6, 6.07) is 10.7. The number of benzene rings is 1. The Morgan fingerprint density at radius 1 is 1.29 bits per heavy atom. The van der Waals surface area contributed by atoms with Crippen LogP contribution < -0.4 is 0 Å². The lowest BCUT2D eigenvalue weighted by Gasteiger charge is -2.35.